The van der Waals surface area contributed by atoms with E-state index in [0.29, 0.717) is 26.1 Å². The van der Waals surface area contributed by atoms with E-state index >= 15 is 0 Å². The Morgan fingerprint density at radius 2 is 2.10 bits per heavy atom. The fourth-order valence-electron chi connectivity index (χ4n) is 2.17. The van der Waals surface area contributed by atoms with E-state index in [9.17, 15) is 14.4 Å². The minimum atomic E-state index is -0.478. The van der Waals surface area contributed by atoms with Crippen LogP contribution in [-0.2, 0) is 19.1 Å². The molecule has 7 heteroatoms. The van der Waals surface area contributed by atoms with Crippen molar-refractivity contribution in [3.8, 4) is 0 Å². The van der Waals surface area contributed by atoms with Crippen molar-refractivity contribution >= 4 is 30.4 Å². The third-order valence-electron chi connectivity index (χ3n) is 3.55. The van der Waals surface area contributed by atoms with Crippen molar-refractivity contribution in [2.45, 2.75) is 37.4 Å². The summed E-state index contributed by atoms with van der Waals surface area (Å²) < 4.78 is 4.92. The molecule has 0 saturated carbocycles. The minimum Gasteiger partial charge on any atom is -0.383 e. The van der Waals surface area contributed by atoms with E-state index in [0.717, 1.165) is 19.3 Å². The maximum atomic E-state index is 11.8. The molecule has 0 N–H and O–H groups in total. The molecule has 0 radical (unpaired) electrons. The molecule has 0 bridgehead atoms. The number of carbonyl (C=O) groups is 3. The van der Waals surface area contributed by atoms with Gasteiger partial charge in [-0.15, -0.1) is 0 Å². The average Bonchev–Trinajstić information content (AvgIpc) is 2.69. The van der Waals surface area contributed by atoms with Gasteiger partial charge in [0.15, 0.2) is 0 Å². The zero-order chi connectivity index (χ0) is 15.8. The normalized spacial score (nSPS) is 18.4. The fourth-order valence-corrected chi connectivity index (χ4v) is 2.46. The number of likely N-dealkylation sites (tertiary alicyclic amines) is 1. The maximum Gasteiger partial charge on any atom is 0.242 e. The Kier molecular flexibility index (Phi) is 7.74. The topological polar surface area (TPSA) is 66.9 Å². The molecule has 1 fully saturated rings. The van der Waals surface area contributed by atoms with Crippen LogP contribution in [0.15, 0.2) is 0 Å². The van der Waals surface area contributed by atoms with Crippen molar-refractivity contribution in [2.24, 2.45) is 0 Å². The molecule has 120 valence electrons. The molecule has 1 heterocycles. The molecule has 3 amide bonds. The molecule has 1 atom stereocenters. The summed E-state index contributed by atoms with van der Waals surface area (Å²) in [5.74, 6) is -0.245. The van der Waals surface area contributed by atoms with Crippen LogP contribution in [0.5, 0.6) is 0 Å². The first-order chi connectivity index (χ1) is 9.97. The van der Waals surface area contributed by atoms with Gasteiger partial charge in [-0.2, -0.15) is 12.6 Å². The van der Waals surface area contributed by atoms with Crippen LogP contribution in [0.2, 0.25) is 0 Å². The van der Waals surface area contributed by atoms with Crippen LogP contribution in [0.4, 0.5) is 0 Å². The third-order valence-corrected chi connectivity index (χ3v) is 3.95. The Morgan fingerprint density at radius 1 is 1.38 bits per heavy atom. The summed E-state index contributed by atoms with van der Waals surface area (Å²) in [4.78, 5) is 37.9. The van der Waals surface area contributed by atoms with Gasteiger partial charge in [0.25, 0.3) is 0 Å². The predicted molar refractivity (Wildman–Crippen MR) is 82.1 cm³/mol. The van der Waals surface area contributed by atoms with E-state index in [-0.39, 0.29) is 24.1 Å². The van der Waals surface area contributed by atoms with Crippen molar-refractivity contribution in [3.63, 3.8) is 0 Å². The van der Waals surface area contributed by atoms with Gasteiger partial charge in [-0.05, 0) is 12.8 Å². The lowest BCUT2D eigenvalue weighted by atomic mass is 10.1. The second-order valence-corrected chi connectivity index (χ2v) is 5.85. The summed E-state index contributed by atoms with van der Waals surface area (Å²) in [5.41, 5.74) is 0. The second-order valence-electron chi connectivity index (χ2n) is 5.22. The molecule has 21 heavy (non-hydrogen) atoms. The number of hydrogen-bond donors (Lipinski definition) is 1. The Balaban J connectivity index is 2.13. The Morgan fingerprint density at radius 3 is 2.67 bits per heavy atom. The molecule has 1 saturated heterocycles. The van der Waals surface area contributed by atoms with Gasteiger partial charge in [0.05, 0.1) is 11.9 Å². The SMILES string of the molecule is COCCN(C)C(=O)CCCCCN1C(=O)CC(S)C1=O. The van der Waals surface area contributed by atoms with Crippen LogP contribution >= 0.6 is 12.6 Å². The van der Waals surface area contributed by atoms with E-state index in [1.54, 1.807) is 19.1 Å². The monoisotopic (exact) mass is 316 g/mol. The van der Waals surface area contributed by atoms with Crippen LogP contribution in [0.25, 0.3) is 0 Å². The molecule has 6 nitrogen and oxygen atoms in total. The summed E-state index contributed by atoms with van der Waals surface area (Å²) in [7, 11) is 3.37. The highest BCUT2D eigenvalue weighted by Crippen LogP contribution is 2.18. The summed E-state index contributed by atoms with van der Waals surface area (Å²) in [6.07, 6.45) is 2.99. The van der Waals surface area contributed by atoms with Crippen molar-refractivity contribution in [1.82, 2.24) is 9.80 Å². The predicted octanol–water partition coefficient (Wildman–Crippen LogP) is 0.709. The first-order valence-corrected chi connectivity index (χ1v) is 7.74. The lowest BCUT2D eigenvalue weighted by Crippen LogP contribution is -2.32. The molecule has 1 unspecified atom stereocenters. The average molecular weight is 316 g/mol. The van der Waals surface area contributed by atoms with Gasteiger partial charge < -0.3 is 9.64 Å². The van der Waals surface area contributed by atoms with Crippen LogP contribution in [-0.4, -0.2) is 66.6 Å². The van der Waals surface area contributed by atoms with E-state index in [1.807, 2.05) is 0 Å². The first kappa shape index (κ1) is 18.0. The van der Waals surface area contributed by atoms with Crippen molar-refractivity contribution in [1.29, 1.82) is 0 Å². The van der Waals surface area contributed by atoms with Gasteiger partial charge in [-0.25, -0.2) is 0 Å². The quantitative estimate of drug-likeness (QED) is 0.386. The Bertz CT molecular complexity index is 389. The Labute approximate surface area is 131 Å². The summed E-state index contributed by atoms with van der Waals surface area (Å²) in [5, 5.41) is -0.478. The van der Waals surface area contributed by atoms with Crippen LogP contribution in [0.1, 0.15) is 32.1 Å². The maximum absolute atomic E-state index is 11.8. The molecule has 1 rings (SSSR count). The third kappa shape index (κ3) is 5.67. The molecule has 0 aliphatic carbocycles. The van der Waals surface area contributed by atoms with Gasteiger partial charge in [0.1, 0.15) is 0 Å². The van der Waals surface area contributed by atoms with Gasteiger partial charge in [-0.3, -0.25) is 19.3 Å². The van der Waals surface area contributed by atoms with E-state index in [4.69, 9.17) is 4.74 Å². The van der Waals surface area contributed by atoms with Crippen LogP contribution in [0, 0.1) is 0 Å². The van der Waals surface area contributed by atoms with Crippen LogP contribution < -0.4 is 0 Å². The smallest absolute Gasteiger partial charge is 0.242 e. The molecular weight excluding hydrogens is 292 g/mol. The lowest BCUT2D eigenvalue weighted by Gasteiger charge is -2.17. The number of rotatable bonds is 9. The summed E-state index contributed by atoms with van der Waals surface area (Å²) in [6.45, 7) is 1.56. The largest absolute Gasteiger partial charge is 0.383 e. The van der Waals surface area contributed by atoms with E-state index in [1.165, 1.54) is 4.90 Å². The molecule has 0 aromatic heterocycles. The number of hydrogen-bond acceptors (Lipinski definition) is 5. The van der Waals surface area contributed by atoms with Gasteiger partial charge >= 0.3 is 0 Å². The number of carbonyl (C=O) groups excluding carboxylic acids is 3. The van der Waals surface area contributed by atoms with Crippen molar-refractivity contribution in [3.05, 3.63) is 0 Å². The van der Waals surface area contributed by atoms with Crippen molar-refractivity contribution < 1.29 is 19.1 Å². The molecule has 1 aliphatic heterocycles. The number of amides is 3. The van der Waals surface area contributed by atoms with Crippen molar-refractivity contribution in [2.75, 3.05) is 33.9 Å². The van der Waals surface area contributed by atoms with E-state index < -0.39 is 5.25 Å². The molecule has 0 aromatic rings. The van der Waals surface area contributed by atoms with Crippen LogP contribution in [0.3, 0.4) is 0 Å². The number of thiol groups is 1. The highest BCUT2D eigenvalue weighted by atomic mass is 32.1. The van der Waals surface area contributed by atoms with E-state index in [2.05, 4.69) is 12.6 Å². The zero-order valence-corrected chi connectivity index (χ0v) is 13.6. The number of ether oxygens (including phenoxy) is 1. The number of likely N-dealkylation sites (N-methyl/N-ethyl adjacent to an activating group) is 1. The summed E-state index contributed by atoms with van der Waals surface area (Å²) in [6, 6.07) is 0. The Hall–Kier alpha value is -1.08. The molecule has 0 aromatic carbocycles. The number of unbranched alkanes of at least 4 members (excludes halogenated alkanes) is 2. The second kappa shape index (κ2) is 9.04. The van der Waals surface area contributed by atoms with Gasteiger partial charge in [0.2, 0.25) is 17.7 Å². The number of nitrogens with zero attached hydrogens (tertiary/aromatic N) is 2. The lowest BCUT2D eigenvalue weighted by molar-refractivity contribution is -0.138. The highest BCUT2D eigenvalue weighted by molar-refractivity contribution is 7.81. The number of imide groups is 1. The fraction of sp³-hybridized carbons (Fsp3) is 0.786. The number of methoxy groups -OCH3 is 1. The van der Waals surface area contributed by atoms with Gasteiger partial charge in [0, 0.05) is 40.1 Å². The highest BCUT2D eigenvalue weighted by Gasteiger charge is 2.35. The van der Waals surface area contributed by atoms with Gasteiger partial charge in [-0.1, -0.05) is 6.42 Å². The molecule has 1 aliphatic rings. The minimum absolute atomic E-state index is 0.0933. The molecular formula is C14H24N2O4S. The summed E-state index contributed by atoms with van der Waals surface area (Å²) >= 11 is 4.07. The first-order valence-electron chi connectivity index (χ1n) is 7.22. The molecule has 0 spiro atoms. The zero-order valence-electron chi connectivity index (χ0n) is 12.7. The standard InChI is InChI=1S/C14H24N2O4S/c1-15(8-9-20-2)12(17)6-4-3-5-7-16-13(18)10-11(21)14(16)19/h11,21H,3-10H2,1-2H3.